The van der Waals surface area contributed by atoms with E-state index in [1.165, 1.54) is 25.5 Å². The van der Waals surface area contributed by atoms with Gasteiger partial charge in [0.2, 0.25) is 0 Å². The number of benzene rings is 2. The van der Waals surface area contributed by atoms with Crippen molar-refractivity contribution >= 4 is 12.1 Å². The van der Waals surface area contributed by atoms with E-state index in [1.807, 2.05) is 0 Å². The predicted molar refractivity (Wildman–Crippen MR) is 82.6 cm³/mol. The maximum absolute atomic E-state index is 11.9. The first-order chi connectivity index (χ1) is 10.5. The van der Waals surface area contributed by atoms with Crippen LogP contribution in [0.3, 0.4) is 0 Å². The summed E-state index contributed by atoms with van der Waals surface area (Å²) >= 11 is 0. The van der Waals surface area contributed by atoms with Gasteiger partial charge in [-0.25, -0.2) is 5.43 Å². The Labute approximate surface area is 127 Å². The van der Waals surface area contributed by atoms with Gasteiger partial charge in [-0.3, -0.25) is 4.79 Å². The molecule has 0 radical (unpaired) electrons. The second kappa shape index (κ2) is 6.62. The van der Waals surface area contributed by atoms with Crippen molar-refractivity contribution in [3.05, 3.63) is 53.1 Å². The Morgan fingerprint density at radius 1 is 1.27 bits per heavy atom. The van der Waals surface area contributed by atoms with Gasteiger partial charge in [0, 0.05) is 5.56 Å². The zero-order valence-corrected chi connectivity index (χ0v) is 12.2. The van der Waals surface area contributed by atoms with Gasteiger partial charge >= 0.3 is 0 Å². The molecule has 0 aromatic heterocycles. The number of aryl methyl sites for hydroxylation is 1. The topological polar surface area (TPSA) is 91.2 Å². The molecule has 6 heteroatoms. The minimum atomic E-state index is -0.542. The molecule has 0 aliphatic heterocycles. The van der Waals surface area contributed by atoms with Crippen LogP contribution < -0.4 is 10.2 Å². The van der Waals surface area contributed by atoms with E-state index in [2.05, 4.69) is 10.5 Å². The summed E-state index contributed by atoms with van der Waals surface area (Å²) in [4.78, 5) is 11.9. The average molecular weight is 300 g/mol. The van der Waals surface area contributed by atoms with Crippen LogP contribution in [0.25, 0.3) is 0 Å². The lowest BCUT2D eigenvalue weighted by molar-refractivity contribution is 0.0952. The van der Waals surface area contributed by atoms with E-state index in [0.29, 0.717) is 16.9 Å². The van der Waals surface area contributed by atoms with Crippen LogP contribution >= 0.6 is 0 Å². The lowest BCUT2D eigenvalue weighted by Gasteiger charge is -2.05. The summed E-state index contributed by atoms with van der Waals surface area (Å²) in [5.41, 5.74) is 3.43. The average Bonchev–Trinajstić information content (AvgIpc) is 2.51. The second-order valence-electron chi connectivity index (χ2n) is 4.59. The van der Waals surface area contributed by atoms with Crippen LogP contribution in [0.5, 0.6) is 17.2 Å². The van der Waals surface area contributed by atoms with Crippen LogP contribution in [-0.2, 0) is 0 Å². The van der Waals surface area contributed by atoms with Crippen LogP contribution in [0, 0.1) is 6.92 Å². The van der Waals surface area contributed by atoms with Gasteiger partial charge in [0.05, 0.1) is 18.9 Å². The van der Waals surface area contributed by atoms with Crippen LogP contribution in [0.4, 0.5) is 0 Å². The molecule has 1 amide bonds. The highest BCUT2D eigenvalue weighted by molar-refractivity contribution is 5.97. The van der Waals surface area contributed by atoms with Gasteiger partial charge in [0.25, 0.3) is 5.91 Å². The third-order valence-electron chi connectivity index (χ3n) is 3.09. The molecule has 0 aliphatic rings. The number of hydrazone groups is 1. The number of amides is 1. The van der Waals surface area contributed by atoms with E-state index in [4.69, 9.17) is 4.74 Å². The first-order valence-electron chi connectivity index (χ1n) is 6.52. The SMILES string of the molecule is COc1ccc(O)c(C=NNC(=O)c2cccc(C)c2O)c1. The van der Waals surface area contributed by atoms with Gasteiger partial charge in [-0.2, -0.15) is 5.10 Å². The Morgan fingerprint density at radius 2 is 2.05 bits per heavy atom. The summed E-state index contributed by atoms with van der Waals surface area (Å²) in [6.45, 7) is 1.70. The van der Waals surface area contributed by atoms with Gasteiger partial charge in [-0.15, -0.1) is 0 Å². The van der Waals surface area contributed by atoms with Crippen molar-refractivity contribution in [1.82, 2.24) is 5.43 Å². The molecular weight excluding hydrogens is 284 g/mol. The summed E-state index contributed by atoms with van der Waals surface area (Å²) in [5.74, 6) is -0.0571. The molecule has 2 aromatic carbocycles. The molecular formula is C16H16N2O4. The fourth-order valence-electron chi connectivity index (χ4n) is 1.83. The monoisotopic (exact) mass is 300 g/mol. The van der Waals surface area contributed by atoms with Crippen molar-refractivity contribution in [2.24, 2.45) is 5.10 Å². The number of hydrogen-bond donors (Lipinski definition) is 3. The van der Waals surface area contributed by atoms with Crippen molar-refractivity contribution in [2.45, 2.75) is 6.92 Å². The number of phenols is 2. The number of carbonyl (C=O) groups is 1. The molecule has 0 bridgehead atoms. The third-order valence-corrected chi connectivity index (χ3v) is 3.09. The molecule has 0 saturated carbocycles. The zero-order chi connectivity index (χ0) is 16.1. The molecule has 0 unspecified atom stereocenters. The molecule has 2 rings (SSSR count). The minimum absolute atomic E-state index is 0.0113. The van der Waals surface area contributed by atoms with Crippen molar-refractivity contribution < 1.29 is 19.7 Å². The van der Waals surface area contributed by atoms with Crippen molar-refractivity contribution in [1.29, 1.82) is 0 Å². The molecule has 6 nitrogen and oxygen atoms in total. The predicted octanol–water partition coefficient (Wildman–Crippen LogP) is 2.18. The van der Waals surface area contributed by atoms with Crippen molar-refractivity contribution in [3.63, 3.8) is 0 Å². The maximum atomic E-state index is 11.9. The first-order valence-corrected chi connectivity index (χ1v) is 6.52. The summed E-state index contributed by atoms with van der Waals surface area (Å²) in [7, 11) is 1.51. The van der Waals surface area contributed by atoms with E-state index < -0.39 is 5.91 Å². The number of rotatable bonds is 4. The number of phenolic OH excluding ortho intramolecular Hbond substituents is 2. The quantitative estimate of drug-likeness (QED) is 0.596. The van der Waals surface area contributed by atoms with Gasteiger partial charge in [0.1, 0.15) is 17.2 Å². The summed E-state index contributed by atoms with van der Waals surface area (Å²) in [6.07, 6.45) is 1.29. The van der Waals surface area contributed by atoms with E-state index >= 15 is 0 Å². The smallest absolute Gasteiger partial charge is 0.275 e. The molecule has 0 heterocycles. The second-order valence-corrected chi connectivity index (χ2v) is 4.59. The summed E-state index contributed by atoms with van der Waals surface area (Å²) in [5, 5.41) is 23.3. The molecule has 0 aliphatic carbocycles. The van der Waals surface area contributed by atoms with Crippen molar-refractivity contribution in [3.8, 4) is 17.2 Å². The highest BCUT2D eigenvalue weighted by Crippen LogP contribution is 2.22. The number of ether oxygens (including phenoxy) is 1. The van der Waals surface area contributed by atoms with E-state index in [9.17, 15) is 15.0 Å². The molecule has 3 N–H and O–H groups in total. The fraction of sp³-hybridized carbons (Fsp3) is 0.125. The van der Waals surface area contributed by atoms with Gasteiger partial charge in [-0.05, 0) is 36.8 Å². The van der Waals surface area contributed by atoms with Gasteiger partial charge < -0.3 is 14.9 Å². The fourth-order valence-corrected chi connectivity index (χ4v) is 1.83. The van der Waals surface area contributed by atoms with Crippen LogP contribution in [0.15, 0.2) is 41.5 Å². The van der Waals surface area contributed by atoms with E-state index in [0.717, 1.165) is 0 Å². The number of hydrogen-bond acceptors (Lipinski definition) is 5. The van der Waals surface area contributed by atoms with Gasteiger partial charge in [0.15, 0.2) is 0 Å². The zero-order valence-electron chi connectivity index (χ0n) is 12.2. The highest BCUT2D eigenvalue weighted by Gasteiger charge is 2.11. The third kappa shape index (κ3) is 3.35. The number of aromatic hydroxyl groups is 2. The molecule has 2 aromatic rings. The number of para-hydroxylation sites is 1. The Balaban J connectivity index is 2.12. The van der Waals surface area contributed by atoms with Crippen molar-refractivity contribution in [2.75, 3.05) is 7.11 Å². The Morgan fingerprint density at radius 3 is 2.77 bits per heavy atom. The Hall–Kier alpha value is -3.02. The standard InChI is InChI=1S/C16H16N2O4/c1-10-4-3-5-13(15(10)20)16(21)18-17-9-11-8-12(22-2)6-7-14(11)19/h3-9,19-20H,1-2H3,(H,18,21). The Kier molecular flexibility index (Phi) is 4.63. The molecule has 0 spiro atoms. The lowest BCUT2D eigenvalue weighted by atomic mass is 10.1. The molecule has 0 atom stereocenters. The van der Waals surface area contributed by atoms with Crippen LogP contribution in [0.1, 0.15) is 21.5 Å². The molecule has 22 heavy (non-hydrogen) atoms. The summed E-state index contributed by atoms with van der Waals surface area (Å²) < 4.78 is 5.04. The number of nitrogens with zero attached hydrogens (tertiary/aromatic N) is 1. The molecule has 0 fully saturated rings. The van der Waals surface area contributed by atoms with E-state index in [1.54, 1.807) is 31.2 Å². The first kappa shape index (κ1) is 15.4. The maximum Gasteiger partial charge on any atom is 0.275 e. The number of methoxy groups -OCH3 is 1. The van der Waals surface area contributed by atoms with Gasteiger partial charge in [-0.1, -0.05) is 12.1 Å². The van der Waals surface area contributed by atoms with E-state index in [-0.39, 0.29) is 17.1 Å². The number of nitrogens with one attached hydrogen (secondary N) is 1. The molecule has 114 valence electrons. The van der Waals surface area contributed by atoms with Crippen LogP contribution in [0.2, 0.25) is 0 Å². The minimum Gasteiger partial charge on any atom is -0.507 e. The Bertz CT molecular complexity index is 726. The number of carbonyl (C=O) groups excluding carboxylic acids is 1. The lowest BCUT2D eigenvalue weighted by Crippen LogP contribution is -2.17. The molecule has 0 saturated heterocycles. The van der Waals surface area contributed by atoms with Crippen LogP contribution in [-0.4, -0.2) is 29.4 Å². The normalized spacial score (nSPS) is 10.6. The highest BCUT2D eigenvalue weighted by atomic mass is 16.5. The largest absolute Gasteiger partial charge is 0.507 e. The summed E-state index contributed by atoms with van der Waals surface area (Å²) in [6, 6.07) is 9.51.